The summed E-state index contributed by atoms with van der Waals surface area (Å²) in [6, 6.07) is 7.54. The third kappa shape index (κ3) is 3.99. The molecule has 1 aromatic carbocycles. The predicted octanol–water partition coefficient (Wildman–Crippen LogP) is 1.78. The third-order valence-corrected chi connectivity index (χ3v) is 4.48. The molecule has 1 aliphatic heterocycles. The van der Waals surface area contributed by atoms with Crippen molar-refractivity contribution in [3.63, 3.8) is 0 Å². The van der Waals surface area contributed by atoms with Gasteiger partial charge in [0.2, 0.25) is 0 Å². The van der Waals surface area contributed by atoms with Crippen LogP contribution in [0.1, 0.15) is 36.1 Å². The number of benzene rings is 1. The number of rotatable bonds is 5. The number of hydrogen-bond acceptors (Lipinski definition) is 5. The molecule has 0 aliphatic carbocycles. The van der Waals surface area contributed by atoms with Crippen molar-refractivity contribution in [1.82, 2.24) is 20.1 Å². The first kappa shape index (κ1) is 17.4. The molecule has 1 saturated heterocycles. The van der Waals surface area contributed by atoms with Gasteiger partial charge in [-0.1, -0.05) is 13.8 Å². The molecule has 2 aromatic rings. The van der Waals surface area contributed by atoms with Gasteiger partial charge in [-0.3, -0.25) is 9.48 Å². The number of ether oxygens (including phenoxy) is 1. The minimum absolute atomic E-state index is 0.102. The molecule has 1 amide bonds. The van der Waals surface area contributed by atoms with Crippen LogP contribution < -0.4 is 10.2 Å². The molecular formula is C18H25N5O2. The van der Waals surface area contributed by atoms with Crippen molar-refractivity contribution >= 4 is 11.6 Å². The topological polar surface area (TPSA) is 72.3 Å². The molecule has 2 heterocycles. The van der Waals surface area contributed by atoms with E-state index >= 15 is 0 Å². The summed E-state index contributed by atoms with van der Waals surface area (Å²) in [5.74, 6) is 0.864. The van der Waals surface area contributed by atoms with E-state index in [4.69, 9.17) is 4.74 Å². The van der Waals surface area contributed by atoms with E-state index in [-0.39, 0.29) is 17.9 Å². The molecule has 7 heteroatoms. The molecule has 25 heavy (non-hydrogen) atoms. The molecule has 0 bridgehead atoms. The Morgan fingerprint density at radius 1 is 1.20 bits per heavy atom. The highest BCUT2D eigenvalue weighted by molar-refractivity contribution is 5.94. The van der Waals surface area contributed by atoms with E-state index in [0.717, 1.165) is 37.8 Å². The first-order valence-corrected chi connectivity index (χ1v) is 8.64. The molecule has 1 aromatic heterocycles. The van der Waals surface area contributed by atoms with Crippen LogP contribution in [-0.2, 0) is 11.8 Å². The molecule has 0 unspecified atom stereocenters. The number of amides is 1. The standard InChI is InChI=1S/C18H25N5O2/c1-13(2)16(17-19-12-20-22(17)3)21-18(24)14-4-6-15(7-5-14)23-8-10-25-11-9-23/h4-7,12-13,16H,8-11H2,1-3H3,(H,21,24)/t16-/m0/s1. The van der Waals surface area contributed by atoms with E-state index in [1.54, 1.807) is 4.68 Å². The summed E-state index contributed by atoms with van der Waals surface area (Å²) < 4.78 is 7.08. The van der Waals surface area contributed by atoms with Gasteiger partial charge in [0.05, 0.1) is 19.3 Å². The van der Waals surface area contributed by atoms with E-state index in [9.17, 15) is 4.79 Å². The number of nitrogens with zero attached hydrogens (tertiary/aromatic N) is 4. The highest BCUT2D eigenvalue weighted by Crippen LogP contribution is 2.21. The third-order valence-electron chi connectivity index (χ3n) is 4.48. The number of nitrogens with one attached hydrogen (secondary N) is 1. The minimum Gasteiger partial charge on any atom is -0.378 e. The highest BCUT2D eigenvalue weighted by atomic mass is 16.5. The smallest absolute Gasteiger partial charge is 0.251 e. The summed E-state index contributed by atoms with van der Waals surface area (Å²) >= 11 is 0. The second-order valence-electron chi connectivity index (χ2n) is 6.58. The summed E-state index contributed by atoms with van der Waals surface area (Å²) in [5, 5.41) is 7.18. The van der Waals surface area contributed by atoms with E-state index in [1.807, 2.05) is 31.3 Å². The number of anilines is 1. The molecule has 0 radical (unpaired) electrons. The summed E-state index contributed by atoms with van der Waals surface area (Å²) in [4.78, 5) is 19.2. The largest absolute Gasteiger partial charge is 0.378 e. The van der Waals surface area contributed by atoms with Crippen molar-refractivity contribution in [2.24, 2.45) is 13.0 Å². The zero-order chi connectivity index (χ0) is 17.8. The Balaban J connectivity index is 1.70. The summed E-state index contributed by atoms with van der Waals surface area (Å²) in [7, 11) is 1.83. The predicted molar refractivity (Wildman–Crippen MR) is 95.5 cm³/mol. The van der Waals surface area contributed by atoms with E-state index in [2.05, 4.69) is 34.1 Å². The number of hydrogen-bond donors (Lipinski definition) is 1. The van der Waals surface area contributed by atoms with Gasteiger partial charge in [-0.15, -0.1) is 0 Å². The van der Waals surface area contributed by atoms with Gasteiger partial charge in [-0.05, 0) is 30.2 Å². The van der Waals surface area contributed by atoms with Gasteiger partial charge in [0.1, 0.15) is 12.2 Å². The summed E-state index contributed by atoms with van der Waals surface area (Å²) in [6.07, 6.45) is 1.51. The van der Waals surface area contributed by atoms with E-state index < -0.39 is 0 Å². The van der Waals surface area contributed by atoms with Crippen molar-refractivity contribution in [3.8, 4) is 0 Å². The first-order chi connectivity index (χ1) is 12.1. The quantitative estimate of drug-likeness (QED) is 0.896. The van der Waals surface area contributed by atoms with Gasteiger partial charge in [0.15, 0.2) is 0 Å². The van der Waals surface area contributed by atoms with Crippen molar-refractivity contribution in [2.45, 2.75) is 19.9 Å². The maximum atomic E-state index is 12.7. The highest BCUT2D eigenvalue weighted by Gasteiger charge is 2.23. The Morgan fingerprint density at radius 3 is 2.44 bits per heavy atom. The van der Waals surface area contributed by atoms with Crippen molar-refractivity contribution in [1.29, 1.82) is 0 Å². The monoisotopic (exact) mass is 343 g/mol. The summed E-state index contributed by atoms with van der Waals surface area (Å²) in [5.41, 5.74) is 1.76. The molecule has 1 fully saturated rings. The number of carbonyl (C=O) groups is 1. The summed E-state index contributed by atoms with van der Waals surface area (Å²) in [6.45, 7) is 7.37. The van der Waals surface area contributed by atoms with Crippen LogP contribution in [-0.4, -0.2) is 47.0 Å². The molecule has 1 aliphatic rings. The molecule has 0 spiro atoms. The molecule has 0 saturated carbocycles. The maximum Gasteiger partial charge on any atom is 0.251 e. The Kier molecular flexibility index (Phi) is 5.33. The molecule has 1 N–H and O–H groups in total. The fourth-order valence-electron chi connectivity index (χ4n) is 2.99. The lowest BCUT2D eigenvalue weighted by Gasteiger charge is -2.29. The van der Waals surface area contributed by atoms with Crippen LogP contribution in [0.2, 0.25) is 0 Å². The van der Waals surface area contributed by atoms with E-state index in [1.165, 1.54) is 6.33 Å². The Hall–Kier alpha value is -2.41. The zero-order valence-electron chi connectivity index (χ0n) is 15.0. The SMILES string of the molecule is CC(C)[C@H](NC(=O)c1ccc(N2CCOCC2)cc1)c1ncnn1C. The fourth-order valence-corrected chi connectivity index (χ4v) is 2.99. The van der Waals surface area contributed by atoms with Gasteiger partial charge >= 0.3 is 0 Å². The van der Waals surface area contributed by atoms with Gasteiger partial charge in [-0.2, -0.15) is 5.10 Å². The Labute approximate surface area is 148 Å². The number of aryl methyl sites for hydroxylation is 1. The Morgan fingerprint density at radius 2 is 1.88 bits per heavy atom. The normalized spacial score (nSPS) is 16.1. The number of aromatic nitrogens is 3. The van der Waals surface area contributed by atoms with Crippen LogP contribution in [0.5, 0.6) is 0 Å². The molecular weight excluding hydrogens is 318 g/mol. The van der Waals surface area contributed by atoms with Crippen LogP contribution in [0.15, 0.2) is 30.6 Å². The van der Waals surface area contributed by atoms with Gasteiger partial charge < -0.3 is 15.0 Å². The molecule has 1 atom stereocenters. The van der Waals surface area contributed by atoms with Crippen LogP contribution in [0, 0.1) is 5.92 Å². The van der Waals surface area contributed by atoms with Crippen LogP contribution in [0.3, 0.4) is 0 Å². The lowest BCUT2D eigenvalue weighted by molar-refractivity contribution is 0.0922. The molecule has 134 valence electrons. The Bertz CT molecular complexity index is 705. The van der Waals surface area contributed by atoms with Crippen LogP contribution in [0.4, 0.5) is 5.69 Å². The van der Waals surface area contributed by atoms with Crippen molar-refractivity contribution < 1.29 is 9.53 Å². The maximum absolute atomic E-state index is 12.7. The fraction of sp³-hybridized carbons (Fsp3) is 0.500. The zero-order valence-corrected chi connectivity index (χ0v) is 15.0. The van der Waals surface area contributed by atoms with Crippen LogP contribution in [0.25, 0.3) is 0 Å². The lowest BCUT2D eigenvalue weighted by Crippen LogP contribution is -2.36. The van der Waals surface area contributed by atoms with Crippen molar-refractivity contribution in [3.05, 3.63) is 42.0 Å². The first-order valence-electron chi connectivity index (χ1n) is 8.64. The molecule has 7 nitrogen and oxygen atoms in total. The number of morpholine rings is 1. The van der Waals surface area contributed by atoms with Gasteiger partial charge in [-0.25, -0.2) is 4.98 Å². The molecule has 3 rings (SSSR count). The average molecular weight is 343 g/mol. The van der Waals surface area contributed by atoms with Gasteiger partial charge in [0.25, 0.3) is 5.91 Å². The second kappa shape index (κ2) is 7.65. The average Bonchev–Trinajstić information content (AvgIpc) is 3.05. The van der Waals surface area contributed by atoms with E-state index in [0.29, 0.717) is 5.56 Å². The lowest BCUT2D eigenvalue weighted by atomic mass is 10.0. The second-order valence-corrected chi connectivity index (χ2v) is 6.58. The number of carbonyl (C=O) groups excluding carboxylic acids is 1. The van der Waals surface area contributed by atoms with Gasteiger partial charge in [0, 0.05) is 31.4 Å². The van der Waals surface area contributed by atoms with Crippen molar-refractivity contribution in [2.75, 3.05) is 31.2 Å². The van der Waals surface area contributed by atoms with Crippen LogP contribution >= 0.6 is 0 Å². The minimum atomic E-state index is -0.182.